The van der Waals surface area contributed by atoms with Gasteiger partial charge in [-0.1, -0.05) is 12.5 Å². The first-order chi connectivity index (χ1) is 6.38. The molecule has 2 rings (SSSR count). The number of Topliss-reactive ketones (excluding diaryl/α,β-unsaturated/α-hetero) is 1. The van der Waals surface area contributed by atoms with Gasteiger partial charge in [0.15, 0.2) is 5.78 Å². The van der Waals surface area contributed by atoms with E-state index in [1.165, 1.54) is 12.8 Å². The van der Waals surface area contributed by atoms with Gasteiger partial charge in [-0.2, -0.15) is 11.8 Å². The number of carbonyl (C=O) groups excluding carboxylic acids is 1. The monoisotopic (exact) mass is 212 g/mol. The summed E-state index contributed by atoms with van der Waals surface area (Å²) in [4.78, 5) is 12.8. The molecule has 0 N–H and O–H groups in total. The van der Waals surface area contributed by atoms with Gasteiger partial charge in [-0.15, -0.1) is 11.3 Å². The van der Waals surface area contributed by atoms with E-state index in [-0.39, 0.29) is 5.25 Å². The first-order valence-electron chi connectivity index (χ1n) is 4.57. The number of hydrogen-bond acceptors (Lipinski definition) is 3. The van der Waals surface area contributed by atoms with Gasteiger partial charge in [0.25, 0.3) is 0 Å². The Labute approximate surface area is 86.5 Å². The summed E-state index contributed by atoms with van der Waals surface area (Å²) in [6, 6.07) is 3.88. The summed E-state index contributed by atoms with van der Waals surface area (Å²) >= 11 is 3.39. The van der Waals surface area contributed by atoms with Crippen molar-refractivity contribution in [2.45, 2.75) is 24.5 Å². The van der Waals surface area contributed by atoms with Crippen LogP contribution in [0.2, 0.25) is 0 Å². The van der Waals surface area contributed by atoms with Gasteiger partial charge >= 0.3 is 0 Å². The second-order valence-corrected chi connectivity index (χ2v) is 5.46. The van der Waals surface area contributed by atoms with Gasteiger partial charge in [0, 0.05) is 0 Å². The summed E-state index contributed by atoms with van der Waals surface area (Å²) in [6.07, 6.45) is 3.56. The Hall–Kier alpha value is -0.280. The Morgan fingerprint density at radius 1 is 1.46 bits per heavy atom. The van der Waals surface area contributed by atoms with Crippen molar-refractivity contribution in [1.82, 2.24) is 0 Å². The van der Waals surface area contributed by atoms with Gasteiger partial charge in [-0.25, -0.2) is 0 Å². The molecule has 0 spiro atoms. The van der Waals surface area contributed by atoms with Crippen LogP contribution in [0.3, 0.4) is 0 Å². The van der Waals surface area contributed by atoms with Crippen LogP contribution in [0.15, 0.2) is 17.5 Å². The highest BCUT2D eigenvalue weighted by Crippen LogP contribution is 2.28. The topological polar surface area (TPSA) is 17.1 Å². The van der Waals surface area contributed by atoms with Gasteiger partial charge in [-0.3, -0.25) is 4.79 Å². The molecule has 0 radical (unpaired) electrons. The fourth-order valence-electron chi connectivity index (χ4n) is 1.52. The molecule has 0 saturated carbocycles. The molecule has 1 fully saturated rings. The smallest absolute Gasteiger partial charge is 0.185 e. The highest BCUT2D eigenvalue weighted by molar-refractivity contribution is 8.00. The number of thioether (sulfide) groups is 1. The molecule has 0 amide bonds. The van der Waals surface area contributed by atoms with Crippen LogP contribution in [0.4, 0.5) is 0 Å². The van der Waals surface area contributed by atoms with Crippen LogP contribution in [-0.4, -0.2) is 16.8 Å². The second kappa shape index (κ2) is 4.29. The minimum atomic E-state index is 0.243. The maximum atomic E-state index is 11.9. The summed E-state index contributed by atoms with van der Waals surface area (Å²) in [7, 11) is 0. The van der Waals surface area contributed by atoms with E-state index in [2.05, 4.69) is 0 Å². The molecule has 0 bridgehead atoms. The fourth-order valence-corrected chi connectivity index (χ4v) is 3.59. The normalized spacial score (nSPS) is 22.9. The van der Waals surface area contributed by atoms with Gasteiger partial charge in [0.05, 0.1) is 10.1 Å². The lowest BCUT2D eigenvalue weighted by molar-refractivity contribution is 0.0988. The third kappa shape index (κ3) is 2.15. The molecule has 2 heterocycles. The maximum absolute atomic E-state index is 11.9. The minimum Gasteiger partial charge on any atom is -0.292 e. The lowest BCUT2D eigenvalue weighted by atomic mass is 10.1. The lowest BCUT2D eigenvalue weighted by Crippen LogP contribution is -2.19. The van der Waals surface area contributed by atoms with E-state index < -0.39 is 0 Å². The molecule has 1 aromatic heterocycles. The predicted octanol–water partition coefficient (Wildman–Crippen LogP) is 3.22. The van der Waals surface area contributed by atoms with E-state index in [0.717, 1.165) is 17.1 Å². The number of hydrogen-bond donors (Lipinski definition) is 0. The van der Waals surface area contributed by atoms with E-state index in [1.807, 2.05) is 29.3 Å². The zero-order valence-corrected chi connectivity index (χ0v) is 9.00. The van der Waals surface area contributed by atoms with Gasteiger partial charge in [-0.05, 0) is 30.0 Å². The molecule has 3 heteroatoms. The molecule has 1 nitrogen and oxygen atoms in total. The first kappa shape index (κ1) is 9.28. The Kier molecular flexibility index (Phi) is 3.06. The quantitative estimate of drug-likeness (QED) is 0.700. The summed E-state index contributed by atoms with van der Waals surface area (Å²) in [6.45, 7) is 0. The van der Waals surface area contributed by atoms with Crippen LogP contribution in [-0.2, 0) is 0 Å². The summed E-state index contributed by atoms with van der Waals surface area (Å²) in [5, 5.41) is 2.22. The molecule has 1 saturated heterocycles. The maximum Gasteiger partial charge on any atom is 0.185 e. The Morgan fingerprint density at radius 2 is 2.38 bits per heavy atom. The van der Waals surface area contributed by atoms with Crippen molar-refractivity contribution in [1.29, 1.82) is 0 Å². The third-order valence-corrected chi connectivity index (χ3v) is 4.50. The second-order valence-electron chi connectivity index (χ2n) is 3.20. The van der Waals surface area contributed by atoms with E-state index in [9.17, 15) is 4.79 Å². The molecule has 0 aliphatic carbocycles. The average Bonchev–Trinajstić information content (AvgIpc) is 2.71. The predicted molar refractivity (Wildman–Crippen MR) is 58.7 cm³/mol. The van der Waals surface area contributed by atoms with Crippen molar-refractivity contribution in [2.75, 3.05) is 5.75 Å². The zero-order chi connectivity index (χ0) is 9.10. The molecule has 1 aliphatic rings. The molecule has 1 atom stereocenters. The van der Waals surface area contributed by atoms with Crippen LogP contribution in [0.5, 0.6) is 0 Å². The molecule has 70 valence electrons. The summed E-state index contributed by atoms with van der Waals surface area (Å²) in [5.74, 6) is 1.50. The highest BCUT2D eigenvalue weighted by Gasteiger charge is 2.23. The van der Waals surface area contributed by atoms with Crippen molar-refractivity contribution >= 4 is 28.9 Å². The Morgan fingerprint density at radius 3 is 3.00 bits per heavy atom. The number of carbonyl (C=O) groups is 1. The molecular formula is C10H12OS2. The minimum absolute atomic E-state index is 0.243. The Bertz CT molecular complexity index is 273. The van der Waals surface area contributed by atoms with E-state index >= 15 is 0 Å². The fraction of sp³-hybridized carbons (Fsp3) is 0.500. The lowest BCUT2D eigenvalue weighted by Gasteiger charge is -2.18. The molecular weight excluding hydrogens is 200 g/mol. The van der Waals surface area contributed by atoms with Crippen LogP contribution in [0, 0.1) is 0 Å². The molecule has 1 aromatic rings. The SMILES string of the molecule is O=C(c1cccs1)C1CCCCS1. The van der Waals surface area contributed by atoms with Crippen molar-refractivity contribution in [3.63, 3.8) is 0 Å². The van der Waals surface area contributed by atoms with Crippen molar-refractivity contribution in [2.24, 2.45) is 0 Å². The van der Waals surface area contributed by atoms with E-state index in [0.29, 0.717) is 5.78 Å². The third-order valence-electron chi connectivity index (χ3n) is 2.24. The van der Waals surface area contributed by atoms with Crippen LogP contribution >= 0.6 is 23.1 Å². The molecule has 1 unspecified atom stereocenters. The van der Waals surface area contributed by atoms with Gasteiger partial charge in [0.1, 0.15) is 0 Å². The van der Waals surface area contributed by atoms with E-state index in [4.69, 9.17) is 0 Å². The Balaban J connectivity index is 2.04. The number of rotatable bonds is 2. The van der Waals surface area contributed by atoms with Gasteiger partial charge in [0.2, 0.25) is 0 Å². The molecule has 0 aromatic carbocycles. The van der Waals surface area contributed by atoms with Crippen LogP contribution < -0.4 is 0 Å². The highest BCUT2D eigenvalue weighted by atomic mass is 32.2. The molecule has 13 heavy (non-hydrogen) atoms. The van der Waals surface area contributed by atoms with Crippen LogP contribution in [0.25, 0.3) is 0 Å². The van der Waals surface area contributed by atoms with Crippen LogP contribution in [0.1, 0.15) is 28.9 Å². The molecule has 1 aliphatic heterocycles. The number of thiophene rings is 1. The number of ketones is 1. The first-order valence-corrected chi connectivity index (χ1v) is 6.50. The van der Waals surface area contributed by atoms with Gasteiger partial charge < -0.3 is 0 Å². The van der Waals surface area contributed by atoms with E-state index in [1.54, 1.807) is 11.3 Å². The van der Waals surface area contributed by atoms with Crippen molar-refractivity contribution in [3.05, 3.63) is 22.4 Å². The van der Waals surface area contributed by atoms with Crippen molar-refractivity contribution < 1.29 is 4.79 Å². The zero-order valence-electron chi connectivity index (χ0n) is 7.36. The largest absolute Gasteiger partial charge is 0.292 e. The standard InChI is InChI=1S/C10H12OS2/c11-10(9-5-3-7-13-9)8-4-1-2-6-12-8/h3,5,7-8H,1-2,4,6H2. The summed E-state index contributed by atoms with van der Waals surface area (Å²) in [5.41, 5.74) is 0. The average molecular weight is 212 g/mol. The van der Waals surface area contributed by atoms with Crippen molar-refractivity contribution in [3.8, 4) is 0 Å². The summed E-state index contributed by atoms with van der Waals surface area (Å²) < 4.78 is 0.